The average Bonchev–Trinajstić information content (AvgIpc) is 3.12. The van der Waals surface area contributed by atoms with Crippen LogP contribution in [0.5, 0.6) is 0 Å². The van der Waals surface area contributed by atoms with Gasteiger partial charge in [-0.15, -0.1) is 11.8 Å². The molecule has 148 valence electrons. The van der Waals surface area contributed by atoms with E-state index in [0.717, 1.165) is 12.8 Å². The van der Waals surface area contributed by atoms with E-state index in [9.17, 15) is 9.59 Å². The van der Waals surface area contributed by atoms with E-state index in [2.05, 4.69) is 20.8 Å². The highest BCUT2D eigenvalue weighted by Crippen LogP contribution is 2.41. The van der Waals surface area contributed by atoms with Gasteiger partial charge in [0.1, 0.15) is 6.04 Å². The number of thioether (sulfide) groups is 1. The van der Waals surface area contributed by atoms with Crippen LogP contribution in [-0.2, 0) is 14.9 Å². The molecule has 2 fully saturated rings. The molecule has 1 aromatic carbocycles. The van der Waals surface area contributed by atoms with Crippen LogP contribution in [0.15, 0.2) is 24.3 Å². The van der Waals surface area contributed by atoms with Gasteiger partial charge in [-0.1, -0.05) is 52.2 Å². The summed E-state index contributed by atoms with van der Waals surface area (Å²) in [5.74, 6) is 0.739. The number of rotatable bonds is 3. The summed E-state index contributed by atoms with van der Waals surface area (Å²) >= 11 is 1.74. The first-order chi connectivity index (χ1) is 12.8. The molecule has 2 aliphatic rings. The Morgan fingerprint density at radius 2 is 1.70 bits per heavy atom. The number of carbonyl (C=O) groups excluding carboxylic acids is 2. The summed E-state index contributed by atoms with van der Waals surface area (Å²) in [5, 5.41) is 0.0733. The Kier molecular flexibility index (Phi) is 6.19. The van der Waals surface area contributed by atoms with Crippen LogP contribution in [-0.4, -0.2) is 41.1 Å². The van der Waals surface area contributed by atoms with E-state index in [4.69, 9.17) is 4.74 Å². The summed E-state index contributed by atoms with van der Waals surface area (Å²) < 4.78 is 5.00. The highest BCUT2D eigenvalue weighted by atomic mass is 32.2. The smallest absolute Gasteiger partial charge is 0.329 e. The van der Waals surface area contributed by atoms with E-state index < -0.39 is 6.04 Å². The van der Waals surface area contributed by atoms with Crippen LogP contribution in [0.25, 0.3) is 0 Å². The molecule has 3 rings (SSSR count). The minimum atomic E-state index is -0.485. The molecule has 5 heteroatoms. The number of amides is 1. The van der Waals surface area contributed by atoms with Crippen molar-refractivity contribution in [1.82, 2.24) is 4.90 Å². The fourth-order valence-corrected chi connectivity index (χ4v) is 5.77. The second-order valence-corrected chi connectivity index (χ2v) is 9.85. The normalized spacial score (nSPS) is 24.1. The van der Waals surface area contributed by atoms with Crippen molar-refractivity contribution < 1.29 is 14.3 Å². The van der Waals surface area contributed by atoms with Crippen LogP contribution >= 0.6 is 11.8 Å². The summed E-state index contributed by atoms with van der Waals surface area (Å²) in [4.78, 5) is 27.6. The van der Waals surface area contributed by atoms with Crippen molar-refractivity contribution in [2.75, 3.05) is 12.9 Å². The molecule has 27 heavy (non-hydrogen) atoms. The quantitative estimate of drug-likeness (QED) is 0.708. The fraction of sp³-hybridized carbons (Fsp3) is 0.636. The zero-order chi connectivity index (χ0) is 19.6. The van der Waals surface area contributed by atoms with Crippen molar-refractivity contribution in [2.24, 2.45) is 5.92 Å². The molecule has 1 heterocycles. The summed E-state index contributed by atoms with van der Waals surface area (Å²) in [5.41, 5.74) is 1.90. The first-order valence-electron chi connectivity index (χ1n) is 9.95. The fourth-order valence-electron chi connectivity index (χ4n) is 4.15. The van der Waals surface area contributed by atoms with E-state index in [0.29, 0.717) is 17.2 Å². The van der Waals surface area contributed by atoms with Crippen molar-refractivity contribution in [3.63, 3.8) is 0 Å². The first kappa shape index (κ1) is 20.2. The SMILES string of the molecule is COC(=O)C1CSC(C2CCCCC2)N1C(=O)c1ccc(C(C)(C)C)cc1. The Morgan fingerprint density at radius 3 is 2.26 bits per heavy atom. The molecule has 1 saturated carbocycles. The van der Waals surface area contributed by atoms with Gasteiger partial charge >= 0.3 is 5.97 Å². The van der Waals surface area contributed by atoms with E-state index in [1.54, 1.807) is 11.8 Å². The van der Waals surface area contributed by atoms with Crippen molar-refractivity contribution in [1.29, 1.82) is 0 Å². The number of nitrogens with zero attached hydrogens (tertiary/aromatic N) is 1. The lowest BCUT2D eigenvalue weighted by Crippen LogP contribution is -2.48. The number of esters is 1. The van der Waals surface area contributed by atoms with Gasteiger partial charge in [0.15, 0.2) is 0 Å². The molecule has 1 aliphatic carbocycles. The van der Waals surface area contributed by atoms with Gasteiger partial charge in [0.25, 0.3) is 5.91 Å². The number of benzene rings is 1. The van der Waals surface area contributed by atoms with Crippen LogP contribution in [0.2, 0.25) is 0 Å². The Bertz CT molecular complexity index is 674. The highest BCUT2D eigenvalue weighted by molar-refractivity contribution is 8.00. The molecule has 0 N–H and O–H groups in total. The molecule has 1 aromatic rings. The molecule has 1 aliphatic heterocycles. The van der Waals surface area contributed by atoms with E-state index in [1.165, 1.54) is 31.9 Å². The number of methoxy groups -OCH3 is 1. The predicted octanol–water partition coefficient (Wildman–Crippen LogP) is 4.62. The molecular formula is C22H31NO3S. The van der Waals surface area contributed by atoms with Gasteiger partial charge in [0.2, 0.25) is 0 Å². The second-order valence-electron chi connectivity index (χ2n) is 8.70. The predicted molar refractivity (Wildman–Crippen MR) is 110 cm³/mol. The molecule has 0 aromatic heterocycles. The van der Waals surface area contributed by atoms with Gasteiger partial charge in [-0.3, -0.25) is 4.79 Å². The van der Waals surface area contributed by atoms with Gasteiger partial charge in [-0.25, -0.2) is 4.79 Å². The number of carbonyl (C=O) groups is 2. The molecule has 4 nitrogen and oxygen atoms in total. The van der Waals surface area contributed by atoms with Crippen LogP contribution < -0.4 is 0 Å². The Labute approximate surface area is 167 Å². The van der Waals surface area contributed by atoms with Gasteiger partial charge in [0, 0.05) is 11.3 Å². The van der Waals surface area contributed by atoms with Gasteiger partial charge < -0.3 is 9.64 Å². The first-order valence-corrected chi connectivity index (χ1v) is 11.0. The van der Waals surface area contributed by atoms with Crippen molar-refractivity contribution in [2.45, 2.75) is 69.7 Å². The molecule has 1 saturated heterocycles. The summed E-state index contributed by atoms with van der Waals surface area (Å²) in [6, 6.07) is 7.37. The highest BCUT2D eigenvalue weighted by Gasteiger charge is 2.45. The molecule has 0 bridgehead atoms. The zero-order valence-corrected chi connectivity index (χ0v) is 17.7. The Hall–Kier alpha value is -1.49. The summed E-state index contributed by atoms with van der Waals surface area (Å²) in [6.07, 6.45) is 5.98. The Balaban J connectivity index is 1.87. The van der Waals surface area contributed by atoms with Crippen molar-refractivity contribution in [3.05, 3.63) is 35.4 Å². The van der Waals surface area contributed by atoms with Gasteiger partial charge in [-0.2, -0.15) is 0 Å². The lowest BCUT2D eigenvalue weighted by atomic mass is 9.86. The largest absolute Gasteiger partial charge is 0.467 e. The van der Waals surface area contributed by atoms with Crippen LogP contribution in [0.3, 0.4) is 0 Å². The maximum Gasteiger partial charge on any atom is 0.329 e. The standard InChI is InChI=1S/C22H31NO3S/c1-22(2,3)17-12-10-15(11-13-17)19(24)23-18(21(25)26-4)14-27-20(23)16-8-6-5-7-9-16/h10-13,16,18,20H,5-9,14H2,1-4H3. The average molecular weight is 390 g/mol. The third kappa shape index (κ3) is 4.34. The number of hydrogen-bond donors (Lipinski definition) is 0. The molecule has 0 spiro atoms. The number of ether oxygens (including phenoxy) is 1. The van der Waals surface area contributed by atoms with Crippen molar-refractivity contribution >= 4 is 23.6 Å². The lowest BCUT2D eigenvalue weighted by molar-refractivity contribution is -0.145. The zero-order valence-electron chi connectivity index (χ0n) is 16.9. The van der Waals surface area contributed by atoms with Crippen LogP contribution in [0.4, 0.5) is 0 Å². The molecule has 2 atom stereocenters. The lowest BCUT2D eigenvalue weighted by Gasteiger charge is -2.35. The van der Waals surface area contributed by atoms with Crippen LogP contribution in [0, 0.1) is 5.92 Å². The monoisotopic (exact) mass is 389 g/mol. The minimum absolute atomic E-state index is 0.0459. The summed E-state index contributed by atoms with van der Waals surface area (Å²) in [7, 11) is 1.40. The maximum atomic E-state index is 13.4. The molecular weight excluding hydrogens is 358 g/mol. The van der Waals surface area contributed by atoms with E-state index in [-0.39, 0.29) is 22.7 Å². The minimum Gasteiger partial charge on any atom is -0.467 e. The summed E-state index contributed by atoms with van der Waals surface area (Å²) in [6.45, 7) is 6.48. The second kappa shape index (κ2) is 8.26. The van der Waals surface area contributed by atoms with Crippen LogP contribution in [0.1, 0.15) is 68.8 Å². The third-order valence-corrected chi connectivity index (χ3v) is 7.26. The number of hydrogen-bond acceptors (Lipinski definition) is 4. The maximum absolute atomic E-state index is 13.4. The van der Waals surface area contributed by atoms with E-state index >= 15 is 0 Å². The third-order valence-electron chi connectivity index (χ3n) is 5.79. The molecule has 0 radical (unpaired) electrons. The molecule has 1 amide bonds. The van der Waals surface area contributed by atoms with Gasteiger partial charge in [-0.05, 0) is 41.9 Å². The van der Waals surface area contributed by atoms with E-state index in [1.807, 2.05) is 29.2 Å². The van der Waals surface area contributed by atoms with Crippen molar-refractivity contribution in [3.8, 4) is 0 Å². The Morgan fingerprint density at radius 1 is 1.07 bits per heavy atom. The topological polar surface area (TPSA) is 46.6 Å². The van der Waals surface area contributed by atoms with Gasteiger partial charge in [0.05, 0.1) is 12.5 Å². The molecule has 2 unspecified atom stereocenters.